The van der Waals surface area contributed by atoms with Gasteiger partial charge in [-0.1, -0.05) is 6.92 Å². The third-order valence-corrected chi connectivity index (χ3v) is 2.84. The normalized spacial score (nSPS) is 10.0. The van der Waals surface area contributed by atoms with Gasteiger partial charge in [-0.3, -0.25) is 9.59 Å². The highest BCUT2D eigenvalue weighted by molar-refractivity contribution is 5.95. The molecule has 1 rings (SSSR count). The van der Waals surface area contributed by atoms with E-state index in [0.717, 1.165) is 0 Å². The first-order valence-corrected chi connectivity index (χ1v) is 6.78. The maximum Gasteiger partial charge on any atom is 0.338 e. The number of carboxylic acids is 1. The number of carbonyl (C=O) groups is 3. The molecule has 114 valence electrons. The van der Waals surface area contributed by atoms with Crippen LogP contribution in [-0.2, 0) is 14.3 Å². The van der Waals surface area contributed by atoms with Gasteiger partial charge in [0.1, 0.15) is 0 Å². The first-order chi connectivity index (χ1) is 9.99. The molecule has 1 amide bonds. The second-order valence-corrected chi connectivity index (χ2v) is 4.31. The second-order valence-electron chi connectivity index (χ2n) is 4.31. The molecule has 1 aromatic carbocycles. The molecule has 0 saturated heterocycles. The minimum atomic E-state index is -0.966. The van der Waals surface area contributed by atoms with Crippen LogP contribution in [0.5, 0.6) is 0 Å². The number of benzene rings is 1. The highest BCUT2D eigenvalue weighted by atomic mass is 16.5. The summed E-state index contributed by atoms with van der Waals surface area (Å²) in [5, 5.41) is 8.74. The molecule has 0 unspecified atom stereocenters. The number of hydrogen-bond donors (Lipinski definition) is 1. The van der Waals surface area contributed by atoms with Crippen molar-refractivity contribution in [2.75, 3.05) is 18.1 Å². The maximum absolute atomic E-state index is 11.9. The van der Waals surface area contributed by atoms with E-state index < -0.39 is 11.9 Å². The molecule has 1 N–H and O–H groups in total. The molecule has 0 saturated carbocycles. The van der Waals surface area contributed by atoms with E-state index in [0.29, 0.717) is 17.9 Å². The molecule has 0 atom stereocenters. The predicted octanol–water partition coefficient (Wildman–Crippen LogP) is 2.08. The van der Waals surface area contributed by atoms with Gasteiger partial charge in [-0.2, -0.15) is 0 Å². The van der Waals surface area contributed by atoms with Crippen LogP contribution < -0.4 is 4.90 Å². The van der Waals surface area contributed by atoms with Gasteiger partial charge in [-0.05, 0) is 31.2 Å². The van der Waals surface area contributed by atoms with Crippen molar-refractivity contribution in [2.45, 2.75) is 26.7 Å². The smallest absolute Gasteiger partial charge is 0.338 e. The Morgan fingerprint density at radius 3 is 2.24 bits per heavy atom. The fourth-order valence-electron chi connectivity index (χ4n) is 1.79. The summed E-state index contributed by atoms with van der Waals surface area (Å²) in [6, 6.07) is 6.34. The van der Waals surface area contributed by atoms with Crippen LogP contribution in [0.25, 0.3) is 0 Å². The molecule has 0 bridgehead atoms. The molecular weight excluding hydrogens is 274 g/mol. The molecule has 6 heteroatoms. The van der Waals surface area contributed by atoms with Crippen molar-refractivity contribution in [2.24, 2.45) is 0 Å². The second kappa shape index (κ2) is 8.04. The van der Waals surface area contributed by atoms with Crippen molar-refractivity contribution in [3.63, 3.8) is 0 Å². The van der Waals surface area contributed by atoms with Gasteiger partial charge in [0.05, 0.1) is 18.6 Å². The zero-order valence-corrected chi connectivity index (χ0v) is 12.2. The van der Waals surface area contributed by atoms with Crippen molar-refractivity contribution in [1.29, 1.82) is 0 Å². The fraction of sp³-hybridized carbons (Fsp3) is 0.400. The van der Waals surface area contributed by atoms with Gasteiger partial charge < -0.3 is 14.7 Å². The maximum atomic E-state index is 11.9. The summed E-state index contributed by atoms with van der Waals surface area (Å²) in [6.07, 6.45) is 0.143. The van der Waals surface area contributed by atoms with Gasteiger partial charge in [-0.25, -0.2) is 4.79 Å². The van der Waals surface area contributed by atoms with Gasteiger partial charge in [0.25, 0.3) is 0 Å². The first kappa shape index (κ1) is 16.7. The van der Waals surface area contributed by atoms with E-state index in [4.69, 9.17) is 9.84 Å². The zero-order chi connectivity index (χ0) is 15.8. The lowest BCUT2D eigenvalue weighted by Gasteiger charge is -2.21. The third-order valence-electron chi connectivity index (χ3n) is 2.84. The van der Waals surface area contributed by atoms with E-state index in [1.165, 1.54) is 4.90 Å². The number of ether oxygens (including phenoxy) is 1. The lowest BCUT2D eigenvalue weighted by atomic mass is 10.2. The number of anilines is 1. The van der Waals surface area contributed by atoms with Crippen molar-refractivity contribution in [3.8, 4) is 0 Å². The highest BCUT2D eigenvalue weighted by Gasteiger charge is 2.16. The number of amides is 1. The monoisotopic (exact) mass is 293 g/mol. The van der Waals surface area contributed by atoms with E-state index in [1.807, 2.05) is 0 Å². The number of hydrogen-bond acceptors (Lipinski definition) is 4. The molecule has 0 radical (unpaired) electrons. The summed E-state index contributed by atoms with van der Waals surface area (Å²) in [6.45, 7) is 3.82. The van der Waals surface area contributed by atoms with Gasteiger partial charge in [-0.15, -0.1) is 0 Å². The SMILES string of the molecule is CCOC(=O)c1ccc(N(CCC(=O)O)C(=O)CC)cc1. The Kier molecular flexibility index (Phi) is 6.39. The number of carbonyl (C=O) groups excluding carboxylic acids is 2. The molecule has 6 nitrogen and oxygen atoms in total. The summed E-state index contributed by atoms with van der Waals surface area (Å²) >= 11 is 0. The van der Waals surface area contributed by atoms with Crippen LogP contribution in [-0.4, -0.2) is 36.1 Å². The van der Waals surface area contributed by atoms with Gasteiger partial charge >= 0.3 is 11.9 Å². The molecule has 0 spiro atoms. The van der Waals surface area contributed by atoms with Gasteiger partial charge in [0.15, 0.2) is 0 Å². The Bertz CT molecular complexity index is 509. The topological polar surface area (TPSA) is 83.9 Å². The molecule has 0 heterocycles. The van der Waals surface area contributed by atoms with Crippen molar-refractivity contribution < 1.29 is 24.2 Å². The number of rotatable bonds is 7. The Morgan fingerprint density at radius 1 is 1.14 bits per heavy atom. The average Bonchev–Trinajstić information content (AvgIpc) is 2.47. The van der Waals surface area contributed by atoms with Gasteiger partial charge in [0, 0.05) is 18.7 Å². The molecule has 0 fully saturated rings. The van der Waals surface area contributed by atoms with Crippen LogP contribution in [0.2, 0.25) is 0 Å². The van der Waals surface area contributed by atoms with E-state index in [1.54, 1.807) is 38.1 Å². The molecule has 0 aliphatic rings. The summed E-state index contributed by atoms with van der Waals surface area (Å²) in [7, 11) is 0. The van der Waals surface area contributed by atoms with E-state index in [-0.39, 0.29) is 25.3 Å². The number of aliphatic carboxylic acids is 1. The lowest BCUT2D eigenvalue weighted by molar-refractivity contribution is -0.136. The van der Waals surface area contributed by atoms with E-state index in [2.05, 4.69) is 0 Å². The zero-order valence-electron chi connectivity index (χ0n) is 12.2. The predicted molar refractivity (Wildman–Crippen MR) is 77.3 cm³/mol. The third kappa shape index (κ3) is 4.91. The summed E-state index contributed by atoms with van der Waals surface area (Å²) in [5.41, 5.74) is 0.957. The summed E-state index contributed by atoms with van der Waals surface area (Å²) < 4.78 is 4.88. The van der Waals surface area contributed by atoms with Crippen molar-refractivity contribution >= 4 is 23.5 Å². The molecule has 0 aliphatic carbocycles. The highest BCUT2D eigenvalue weighted by Crippen LogP contribution is 2.17. The Morgan fingerprint density at radius 2 is 1.76 bits per heavy atom. The first-order valence-electron chi connectivity index (χ1n) is 6.78. The molecule has 21 heavy (non-hydrogen) atoms. The standard InChI is InChI=1S/C15H19NO5/c1-3-13(17)16(10-9-14(18)19)12-7-5-11(6-8-12)15(20)21-4-2/h5-8H,3-4,9-10H2,1-2H3,(H,18,19). The van der Waals surface area contributed by atoms with Crippen LogP contribution in [0, 0.1) is 0 Å². The number of nitrogens with zero attached hydrogens (tertiary/aromatic N) is 1. The molecule has 1 aromatic rings. The largest absolute Gasteiger partial charge is 0.481 e. The average molecular weight is 293 g/mol. The Balaban J connectivity index is 2.90. The van der Waals surface area contributed by atoms with Crippen LogP contribution in [0.3, 0.4) is 0 Å². The van der Waals surface area contributed by atoms with Crippen LogP contribution >= 0.6 is 0 Å². The molecular formula is C15H19NO5. The van der Waals surface area contributed by atoms with E-state index >= 15 is 0 Å². The molecule has 0 aromatic heterocycles. The minimum absolute atomic E-state index is 0.0980. The van der Waals surface area contributed by atoms with Crippen molar-refractivity contribution in [3.05, 3.63) is 29.8 Å². The van der Waals surface area contributed by atoms with Crippen molar-refractivity contribution in [1.82, 2.24) is 0 Å². The summed E-state index contributed by atoms with van der Waals surface area (Å²) in [5.74, 6) is -1.56. The molecule has 0 aliphatic heterocycles. The Labute approximate surface area is 123 Å². The Hall–Kier alpha value is -2.37. The lowest BCUT2D eigenvalue weighted by Crippen LogP contribution is -2.32. The minimum Gasteiger partial charge on any atom is -0.481 e. The quantitative estimate of drug-likeness (QED) is 0.778. The fourth-order valence-corrected chi connectivity index (χ4v) is 1.79. The van der Waals surface area contributed by atoms with Crippen LogP contribution in [0.15, 0.2) is 24.3 Å². The summed E-state index contributed by atoms with van der Waals surface area (Å²) in [4.78, 5) is 35.5. The van der Waals surface area contributed by atoms with Gasteiger partial charge in [0.2, 0.25) is 5.91 Å². The number of esters is 1. The van der Waals surface area contributed by atoms with E-state index in [9.17, 15) is 14.4 Å². The number of carboxylic acid groups (broad SMARTS) is 1. The van der Waals surface area contributed by atoms with Crippen LogP contribution in [0.4, 0.5) is 5.69 Å². The van der Waals surface area contributed by atoms with Crippen LogP contribution in [0.1, 0.15) is 37.0 Å².